The van der Waals surface area contributed by atoms with E-state index in [0.717, 1.165) is 0 Å². The minimum atomic E-state index is -5.04. The topological polar surface area (TPSA) is 79.2 Å². The SMILES string of the molecule is OP1(O)(O)OCCCO1. The minimum absolute atomic E-state index is 0.126. The second-order valence-electron chi connectivity index (χ2n) is 1.85. The summed E-state index contributed by atoms with van der Waals surface area (Å²) < 4.78 is 8.46. The van der Waals surface area contributed by atoms with Crippen molar-refractivity contribution in [2.24, 2.45) is 0 Å². The van der Waals surface area contributed by atoms with Crippen LogP contribution < -0.4 is 0 Å². The van der Waals surface area contributed by atoms with Crippen LogP contribution in [0.2, 0.25) is 0 Å². The fraction of sp³-hybridized carbons (Fsp3) is 1.00. The van der Waals surface area contributed by atoms with Crippen molar-refractivity contribution in [2.45, 2.75) is 6.42 Å². The molecule has 1 saturated heterocycles. The van der Waals surface area contributed by atoms with E-state index >= 15 is 0 Å². The molecule has 0 radical (unpaired) electrons. The van der Waals surface area contributed by atoms with E-state index in [1.165, 1.54) is 0 Å². The third-order valence-corrected chi connectivity index (χ3v) is 2.19. The molecule has 1 rings (SSSR count). The number of hydrogen-bond acceptors (Lipinski definition) is 5. The molecule has 1 aliphatic heterocycles. The van der Waals surface area contributed by atoms with Crippen molar-refractivity contribution in [3.63, 3.8) is 0 Å². The maximum absolute atomic E-state index is 8.64. The Morgan fingerprint density at radius 2 is 1.44 bits per heavy atom. The molecule has 0 unspecified atom stereocenters. The van der Waals surface area contributed by atoms with Crippen molar-refractivity contribution in [1.82, 2.24) is 0 Å². The third kappa shape index (κ3) is 2.14. The Balaban J connectivity index is 2.58. The predicted octanol–water partition coefficient (Wildman–Crippen LogP) is -0.472. The van der Waals surface area contributed by atoms with Crippen molar-refractivity contribution < 1.29 is 23.7 Å². The van der Waals surface area contributed by atoms with Gasteiger partial charge in [-0.05, 0) is 0 Å². The molecule has 0 aromatic rings. The molecule has 0 aromatic heterocycles. The van der Waals surface area contributed by atoms with Crippen LogP contribution in [0.1, 0.15) is 6.42 Å². The first-order chi connectivity index (χ1) is 3.97. The van der Waals surface area contributed by atoms with Gasteiger partial charge < -0.3 is 0 Å². The molecule has 0 spiro atoms. The molecular formula is C3H9O5P. The number of hydrogen-bond donors (Lipinski definition) is 3. The summed E-state index contributed by atoms with van der Waals surface area (Å²) in [5.74, 6) is 0. The van der Waals surface area contributed by atoms with E-state index in [-0.39, 0.29) is 13.2 Å². The Kier molecular flexibility index (Phi) is 1.51. The first kappa shape index (κ1) is 7.34. The van der Waals surface area contributed by atoms with Gasteiger partial charge in [-0.3, -0.25) is 0 Å². The molecule has 5 nitrogen and oxygen atoms in total. The molecular weight excluding hydrogens is 147 g/mol. The van der Waals surface area contributed by atoms with Crippen LogP contribution in [0.15, 0.2) is 0 Å². The molecule has 3 N–H and O–H groups in total. The summed E-state index contributed by atoms with van der Waals surface area (Å²) in [4.78, 5) is 25.9. The van der Waals surface area contributed by atoms with Crippen LogP contribution in [0.3, 0.4) is 0 Å². The van der Waals surface area contributed by atoms with E-state index in [2.05, 4.69) is 9.05 Å². The zero-order chi connectivity index (χ0) is 6.98. The summed E-state index contributed by atoms with van der Waals surface area (Å²) in [6, 6.07) is 0. The number of rotatable bonds is 0. The van der Waals surface area contributed by atoms with Gasteiger partial charge in [-0.25, -0.2) is 0 Å². The van der Waals surface area contributed by atoms with Gasteiger partial charge >= 0.3 is 51.1 Å². The molecule has 0 aromatic carbocycles. The summed E-state index contributed by atoms with van der Waals surface area (Å²) >= 11 is 0. The first-order valence-corrected chi connectivity index (χ1v) is 4.47. The van der Waals surface area contributed by atoms with Gasteiger partial charge in [0.15, 0.2) is 0 Å². The van der Waals surface area contributed by atoms with Crippen LogP contribution in [0, 0.1) is 0 Å². The molecule has 0 bridgehead atoms. The van der Waals surface area contributed by atoms with Gasteiger partial charge in [-0.15, -0.1) is 0 Å². The molecule has 9 heavy (non-hydrogen) atoms. The van der Waals surface area contributed by atoms with Crippen molar-refractivity contribution in [3.05, 3.63) is 0 Å². The van der Waals surface area contributed by atoms with Crippen molar-refractivity contribution in [1.29, 1.82) is 0 Å². The monoisotopic (exact) mass is 156 g/mol. The van der Waals surface area contributed by atoms with E-state index in [1.807, 2.05) is 0 Å². The van der Waals surface area contributed by atoms with Crippen molar-refractivity contribution >= 4 is 7.74 Å². The third-order valence-electron chi connectivity index (χ3n) is 0.923. The van der Waals surface area contributed by atoms with Gasteiger partial charge in [0, 0.05) is 0 Å². The quantitative estimate of drug-likeness (QED) is 0.413. The average Bonchev–Trinajstić information content (AvgIpc) is 1.62. The second kappa shape index (κ2) is 1.85. The molecule has 1 fully saturated rings. The Labute approximate surface area is 52.2 Å². The fourth-order valence-corrected chi connectivity index (χ4v) is 1.52. The fourth-order valence-electron chi connectivity index (χ4n) is 0.545. The van der Waals surface area contributed by atoms with Gasteiger partial charge in [-0.2, -0.15) is 0 Å². The Bertz CT molecular complexity index is 105. The summed E-state index contributed by atoms with van der Waals surface area (Å²) in [6.45, 7) is 0.253. The van der Waals surface area contributed by atoms with Crippen LogP contribution in [0.4, 0.5) is 0 Å². The summed E-state index contributed by atoms with van der Waals surface area (Å²) in [5, 5.41) is 0. The van der Waals surface area contributed by atoms with Crippen LogP contribution in [0.5, 0.6) is 0 Å². The maximum atomic E-state index is 8.64. The molecule has 56 valence electrons. The van der Waals surface area contributed by atoms with E-state index in [0.29, 0.717) is 6.42 Å². The zero-order valence-electron chi connectivity index (χ0n) is 4.73. The normalized spacial score (nSPS) is 36.6. The van der Waals surface area contributed by atoms with E-state index in [9.17, 15) is 0 Å². The molecule has 1 aliphatic rings. The van der Waals surface area contributed by atoms with Crippen LogP contribution in [-0.4, -0.2) is 27.9 Å². The molecule has 0 saturated carbocycles. The Hall–Kier alpha value is 0.230. The standard InChI is InChI=1S/C3H9O5P/c4-9(5,6)7-2-1-3-8-9/h4-6H,1-3H2. The molecule has 0 aliphatic carbocycles. The summed E-state index contributed by atoms with van der Waals surface area (Å²) in [6.07, 6.45) is 0.569. The van der Waals surface area contributed by atoms with Gasteiger partial charge in [-0.1, -0.05) is 0 Å². The summed E-state index contributed by atoms with van der Waals surface area (Å²) in [5.41, 5.74) is 0. The first-order valence-electron chi connectivity index (χ1n) is 2.54. The Morgan fingerprint density at radius 3 is 1.67 bits per heavy atom. The van der Waals surface area contributed by atoms with E-state index in [4.69, 9.17) is 14.7 Å². The summed E-state index contributed by atoms with van der Waals surface area (Å²) in [7, 11) is -5.04. The molecule has 6 heteroatoms. The molecule has 0 amide bonds. The zero-order valence-corrected chi connectivity index (χ0v) is 5.62. The van der Waals surface area contributed by atoms with Crippen LogP contribution >= 0.6 is 7.74 Å². The van der Waals surface area contributed by atoms with Crippen LogP contribution in [-0.2, 0) is 9.05 Å². The van der Waals surface area contributed by atoms with Crippen molar-refractivity contribution in [3.8, 4) is 0 Å². The Morgan fingerprint density at radius 1 is 1.00 bits per heavy atom. The van der Waals surface area contributed by atoms with Gasteiger partial charge in [0.1, 0.15) is 0 Å². The molecule has 1 heterocycles. The van der Waals surface area contributed by atoms with Gasteiger partial charge in [0.2, 0.25) is 0 Å². The average molecular weight is 156 g/mol. The van der Waals surface area contributed by atoms with E-state index in [1.54, 1.807) is 0 Å². The van der Waals surface area contributed by atoms with Gasteiger partial charge in [0.25, 0.3) is 0 Å². The molecule has 0 atom stereocenters. The predicted molar refractivity (Wildman–Crippen MR) is 30.1 cm³/mol. The van der Waals surface area contributed by atoms with Crippen molar-refractivity contribution in [2.75, 3.05) is 13.2 Å². The second-order valence-corrected chi connectivity index (χ2v) is 4.03. The van der Waals surface area contributed by atoms with Crippen LogP contribution in [0.25, 0.3) is 0 Å². The van der Waals surface area contributed by atoms with Gasteiger partial charge in [0.05, 0.1) is 0 Å². The van der Waals surface area contributed by atoms with E-state index < -0.39 is 7.74 Å².